The van der Waals surface area contributed by atoms with Gasteiger partial charge in [-0.15, -0.1) is 11.3 Å². The van der Waals surface area contributed by atoms with Crippen LogP contribution in [0.5, 0.6) is 0 Å². The summed E-state index contributed by atoms with van der Waals surface area (Å²) < 4.78 is 0. The van der Waals surface area contributed by atoms with Gasteiger partial charge in [0.15, 0.2) is 0 Å². The standard InChI is InChI=1S/C22H28N4O2S/c27-21(24-16-18-8-3-4-10-23-18)20(17-6-1-2-7-17)25-11-13-26(14-12-25)22(28)19-9-5-15-29-19/h3-5,8-10,15,17,20H,1-2,6-7,11-14,16H2,(H,24,27). The average Bonchev–Trinajstić information content (AvgIpc) is 3.48. The summed E-state index contributed by atoms with van der Waals surface area (Å²) in [5, 5.41) is 5.04. The van der Waals surface area contributed by atoms with Crippen molar-refractivity contribution >= 4 is 23.2 Å². The molecule has 0 spiro atoms. The molecule has 1 aliphatic heterocycles. The van der Waals surface area contributed by atoms with E-state index in [1.807, 2.05) is 40.6 Å². The molecule has 1 unspecified atom stereocenters. The lowest BCUT2D eigenvalue weighted by Crippen LogP contribution is -2.57. The summed E-state index contributed by atoms with van der Waals surface area (Å²) in [5.41, 5.74) is 0.873. The second-order valence-corrected chi connectivity index (χ2v) is 8.78. The van der Waals surface area contributed by atoms with Crippen LogP contribution in [0, 0.1) is 5.92 Å². The van der Waals surface area contributed by atoms with Gasteiger partial charge in [0.1, 0.15) is 0 Å². The molecular formula is C22H28N4O2S. The highest BCUT2D eigenvalue weighted by atomic mass is 32.1. The first-order valence-corrected chi connectivity index (χ1v) is 11.3. The molecule has 0 radical (unpaired) electrons. The lowest BCUT2D eigenvalue weighted by molar-refractivity contribution is -0.129. The lowest BCUT2D eigenvalue weighted by atomic mass is 9.95. The van der Waals surface area contributed by atoms with Crippen LogP contribution in [0.2, 0.25) is 0 Å². The number of nitrogens with one attached hydrogen (secondary N) is 1. The average molecular weight is 413 g/mol. The van der Waals surface area contributed by atoms with Gasteiger partial charge in [-0.3, -0.25) is 19.5 Å². The highest BCUT2D eigenvalue weighted by Gasteiger charge is 2.37. The summed E-state index contributed by atoms with van der Waals surface area (Å²) in [6.07, 6.45) is 6.36. The normalized spacial score (nSPS) is 19.2. The first-order chi connectivity index (χ1) is 14.2. The van der Waals surface area contributed by atoms with Crippen LogP contribution in [0.3, 0.4) is 0 Å². The fourth-order valence-electron chi connectivity index (χ4n) is 4.50. The van der Waals surface area contributed by atoms with E-state index in [0.29, 0.717) is 25.6 Å². The van der Waals surface area contributed by atoms with Crippen molar-refractivity contribution in [3.63, 3.8) is 0 Å². The quantitative estimate of drug-likeness (QED) is 0.792. The van der Waals surface area contributed by atoms with Gasteiger partial charge in [-0.25, -0.2) is 0 Å². The van der Waals surface area contributed by atoms with Gasteiger partial charge in [0.2, 0.25) is 5.91 Å². The topological polar surface area (TPSA) is 65.5 Å². The molecule has 1 saturated carbocycles. The number of hydrogen-bond donors (Lipinski definition) is 1. The maximum atomic E-state index is 13.1. The van der Waals surface area contributed by atoms with E-state index >= 15 is 0 Å². The molecule has 154 valence electrons. The zero-order chi connectivity index (χ0) is 20.1. The van der Waals surface area contributed by atoms with E-state index in [4.69, 9.17) is 0 Å². The van der Waals surface area contributed by atoms with Crippen LogP contribution >= 0.6 is 11.3 Å². The summed E-state index contributed by atoms with van der Waals surface area (Å²) in [6.45, 7) is 3.30. The molecule has 2 amide bonds. The van der Waals surface area contributed by atoms with E-state index in [0.717, 1.165) is 36.5 Å². The predicted octanol–water partition coefficient (Wildman–Crippen LogP) is 2.78. The van der Waals surface area contributed by atoms with E-state index < -0.39 is 0 Å². The minimum Gasteiger partial charge on any atom is -0.349 e. The van der Waals surface area contributed by atoms with Gasteiger partial charge in [-0.05, 0) is 42.3 Å². The number of piperazine rings is 1. The number of rotatable bonds is 6. The molecule has 3 heterocycles. The van der Waals surface area contributed by atoms with Crippen LogP contribution in [0.1, 0.15) is 41.0 Å². The molecule has 2 aromatic rings. The molecule has 0 bridgehead atoms. The first kappa shape index (κ1) is 20.0. The van der Waals surface area contributed by atoms with Gasteiger partial charge in [0, 0.05) is 32.4 Å². The van der Waals surface area contributed by atoms with Crippen molar-refractivity contribution in [2.45, 2.75) is 38.3 Å². The Morgan fingerprint density at radius 2 is 1.90 bits per heavy atom. The van der Waals surface area contributed by atoms with Crippen LogP contribution in [-0.4, -0.2) is 58.8 Å². The highest BCUT2D eigenvalue weighted by molar-refractivity contribution is 7.12. The monoisotopic (exact) mass is 412 g/mol. The smallest absolute Gasteiger partial charge is 0.264 e. The Bertz CT molecular complexity index is 797. The van der Waals surface area contributed by atoms with Crippen molar-refractivity contribution in [1.82, 2.24) is 20.1 Å². The summed E-state index contributed by atoms with van der Waals surface area (Å²) in [5.74, 6) is 0.607. The largest absolute Gasteiger partial charge is 0.349 e. The van der Waals surface area contributed by atoms with Gasteiger partial charge in [-0.1, -0.05) is 25.0 Å². The van der Waals surface area contributed by atoms with Crippen LogP contribution < -0.4 is 5.32 Å². The third-order valence-corrected chi connectivity index (χ3v) is 6.87. The number of aromatic nitrogens is 1. The number of hydrogen-bond acceptors (Lipinski definition) is 5. The molecule has 4 rings (SSSR count). The van der Waals surface area contributed by atoms with Gasteiger partial charge in [0.25, 0.3) is 5.91 Å². The summed E-state index contributed by atoms with van der Waals surface area (Å²) in [7, 11) is 0. The summed E-state index contributed by atoms with van der Waals surface area (Å²) in [4.78, 5) is 35.1. The Balaban J connectivity index is 1.38. The third kappa shape index (κ3) is 4.85. The Morgan fingerprint density at radius 3 is 2.55 bits per heavy atom. The van der Waals surface area contributed by atoms with Gasteiger partial charge in [-0.2, -0.15) is 0 Å². The molecule has 1 N–H and O–H groups in total. The molecule has 2 aliphatic rings. The SMILES string of the molecule is O=C(NCc1ccccn1)C(C1CCCC1)N1CCN(C(=O)c2cccs2)CC1. The maximum absolute atomic E-state index is 13.1. The maximum Gasteiger partial charge on any atom is 0.264 e. The second kappa shape index (κ2) is 9.50. The highest BCUT2D eigenvalue weighted by Crippen LogP contribution is 2.31. The van der Waals surface area contributed by atoms with E-state index in [-0.39, 0.29) is 17.9 Å². The Hall–Kier alpha value is -2.25. The van der Waals surface area contributed by atoms with Gasteiger partial charge in [0.05, 0.1) is 23.2 Å². The van der Waals surface area contributed by atoms with Crippen molar-refractivity contribution in [1.29, 1.82) is 0 Å². The molecule has 1 atom stereocenters. The van der Waals surface area contributed by atoms with Crippen molar-refractivity contribution in [2.24, 2.45) is 5.92 Å². The number of nitrogens with zero attached hydrogens (tertiary/aromatic N) is 3. The fourth-order valence-corrected chi connectivity index (χ4v) is 5.19. The molecule has 0 aromatic carbocycles. The van der Waals surface area contributed by atoms with Crippen LogP contribution in [-0.2, 0) is 11.3 Å². The molecular weight excluding hydrogens is 384 g/mol. The van der Waals surface area contributed by atoms with E-state index in [1.54, 1.807) is 6.20 Å². The molecule has 6 nitrogen and oxygen atoms in total. The van der Waals surface area contributed by atoms with Crippen molar-refractivity contribution in [3.8, 4) is 0 Å². The summed E-state index contributed by atoms with van der Waals surface area (Å²) >= 11 is 1.49. The third-order valence-electron chi connectivity index (χ3n) is 6.01. The number of carbonyl (C=O) groups excluding carboxylic acids is 2. The van der Waals surface area contributed by atoms with Gasteiger partial charge < -0.3 is 10.2 Å². The molecule has 2 fully saturated rings. The van der Waals surface area contributed by atoms with E-state index in [9.17, 15) is 9.59 Å². The number of thiophene rings is 1. The van der Waals surface area contributed by atoms with Crippen molar-refractivity contribution < 1.29 is 9.59 Å². The molecule has 7 heteroatoms. The minimum atomic E-state index is -0.111. The minimum absolute atomic E-state index is 0.0978. The molecule has 2 aromatic heterocycles. The lowest BCUT2D eigenvalue weighted by Gasteiger charge is -2.40. The molecule has 29 heavy (non-hydrogen) atoms. The second-order valence-electron chi connectivity index (χ2n) is 7.83. The number of carbonyl (C=O) groups is 2. The zero-order valence-electron chi connectivity index (χ0n) is 16.6. The van der Waals surface area contributed by atoms with Crippen LogP contribution in [0.25, 0.3) is 0 Å². The Kier molecular flexibility index (Phi) is 6.56. The fraction of sp³-hybridized carbons (Fsp3) is 0.500. The Labute approximate surface area is 175 Å². The van der Waals surface area contributed by atoms with Crippen LogP contribution in [0.4, 0.5) is 0 Å². The van der Waals surface area contributed by atoms with E-state index in [2.05, 4.69) is 15.2 Å². The molecule has 1 saturated heterocycles. The first-order valence-electron chi connectivity index (χ1n) is 10.5. The Morgan fingerprint density at radius 1 is 1.10 bits per heavy atom. The van der Waals surface area contributed by atoms with Crippen molar-refractivity contribution in [3.05, 3.63) is 52.5 Å². The summed E-state index contributed by atoms with van der Waals surface area (Å²) in [6, 6.07) is 9.43. The van der Waals surface area contributed by atoms with E-state index in [1.165, 1.54) is 24.2 Å². The number of pyridine rings is 1. The van der Waals surface area contributed by atoms with Crippen LogP contribution in [0.15, 0.2) is 41.9 Å². The molecule has 1 aliphatic carbocycles. The zero-order valence-corrected chi connectivity index (χ0v) is 17.4. The van der Waals surface area contributed by atoms with Crippen molar-refractivity contribution in [2.75, 3.05) is 26.2 Å². The van der Waals surface area contributed by atoms with Gasteiger partial charge >= 0.3 is 0 Å². The number of amides is 2. The predicted molar refractivity (Wildman–Crippen MR) is 114 cm³/mol.